The van der Waals surface area contributed by atoms with Crippen LogP contribution in [0.1, 0.15) is 51.5 Å². The Morgan fingerprint density at radius 2 is 1.93 bits per heavy atom. The van der Waals surface area contributed by atoms with Crippen molar-refractivity contribution in [1.29, 1.82) is 0 Å². The van der Waals surface area contributed by atoms with Gasteiger partial charge in [-0.15, -0.1) is 0 Å². The maximum atomic E-state index is 12.5. The smallest absolute Gasteiger partial charge is 0.223 e. The number of sulfonamides is 1. The molecule has 3 rings (SSSR count). The molecule has 1 aliphatic carbocycles. The van der Waals surface area contributed by atoms with E-state index in [1.54, 1.807) is 13.2 Å². The van der Waals surface area contributed by atoms with Gasteiger partial charge < -0.3 is 9.73 Å². The average Bonchev–Trinajstić information content (AvgIpc) is 3.10. The van der Waals surface area contributed by atoms with Crippen molar-refractivity contribution in [1.82, 2.24) is 10.0 Å². The second kappa shape index (κ2) is 9.09. The zero-order valence-corrected chi connectivity index (χ0v) is 17.4. The van der Waals surface area contributed by atoms with E-state index < -0.39 is 10.0 Å². The first-order valence-electron chi connectivity index (χ1n) is 10.1. The molecule has 154 valence electrons. The van der Waals surface area contributed by atoms with Crippen LogP contribution in [0.4, 0.5) is 0 Å². The summed E-state index contributed by atoms with van der Waals surface area (Å²) in [5.41, 5.74) is 1.96. The quantitative estimate of drug-likeness (QED) is 0.703. The van der Waals surface area contributed by atoms with Gasteiger partial charge in [0.2, 0.25) is 15.9 Å². The second-order valence-electron chi connectivity index (χ2n) is 7.73. The normalized spacial score (nSPS) is 21.5. The molecule has 0 bridgehead atoms. The number of amides is 1. The molecule has 28 heavy (non-hydrogen) atoms. The first-order chi connectivity index (χ1) is 13.4. The highest BCUT2D eigenvalue weighted by molar-refractivity contribution is 7.90. The minimum absolute atomic E-state index is 0.0366. The third kappa shape index (κ3) is 4.94. The van der Waals surface area contributed by atoms with Gasteiger partial charge in [-0.05, 0) is 57.1 Å². The summed E-state index contributed by atoms with van der Waals surface area (Å²) in [4.78, 5) is 12.5. The number of hydrogen-bond acceptors (Lipinski definition) is 4. The van der Waals surface area contributed by atoms with E-state index in [9.17, 15) is 13.2 Å². The van der Waals surface area contributed by atoms with Crippen molar-refractivity contribution in [3.8, 4) is 0 Å². The van der Waals surface area contributed by atoms with Crippen LogP contribution < -0.4 is 10.0 Å². The van der Waals surface area contributed by atoms with E-state index in [1.165, 1.54) is 0 Å². The highest BCUT2D eigenvalue weighted by Gasteiger charge is 2.29. The first kappa shape index (κ1) is 20.9. The van der Waals surface area contributed by atoms with E-state index in [1.807, 2.05) is 31.2 Å². The van der Waals surface area contributed by atoms with E-state index in [4.69, 9.17) is 4.42 Å². The second-order valence-corrected chi connectivity index (χ2v) is 9.86. The summed E-state index contributed by atoms with van der Waals surface area (Å²) in [6.45, 7) is 4.17. The monoisotopic (exact) mass is 406 g/mol. The summed E-state index contributed by atoms with van der Waals surface area (Å²) in [6.07, 6.45) is 5.93. The van der Waals surface area contributed by atoms with Crippen LogP contribution in [-0.4, -0.2) is 32.2 Å². The van der Waals surface area contributed by atoms with Crippen LogP contribution >= 0.6 is 0 Å². The molecule has 1 aliphatic rings. The predicted octanol–water partition coefficient (Wildman–Crippen LogP) is 3.37. The third-order valence-corrected chi connectivity index (χ3v) is 7.84. The van der Waals surface area contributed by atoms with E-state index >= 15 is 0 Å². The van der Waals surface area contributed by atoms with Gasteiger partial charge in [-0.3, -0.25) is 4.79 Å². The van der Waals surface area contributed by atoms with Gasteiger partial charge in [-0.2, -0.15) is 0 Å². The number of hydrogen-bond donors (Lipinski definition) is 2. The average molecular weight is 407 g/mol. The molecule has 1 saturated carbocycles. The van der Waals surface area contributed by atoms with Gasteiger partial charge in [0.1, 0.15) is 5.58 Å². The number of rotatable bonds is 8. The van der Waals surface area contributed by atoms with Crippen LogP contribution in [0.2, 0.25) is 0 Å². The topological polar surface area (TPSA) is 88.4 Å². The Balaban J connectivity index is 1.43. The van der Waals surface area contributed by atoms with Gasteiger partial charge in [0, 0.05) is 23.9 Å². The lowest BCUT2D eigenvalue weighted by molar-refractivity contribution is -0.125. The van der Waals surface area contributed by atoms with Gasteiger partial charge >= 0.3 is 0 Å². The Kier molecular flexibility index (Phi) is 6.78. The fraction of sp³-hybridized carbons (Fsp3) is 0.571. The Labute approximate surface area is 167 Å². The van der Waals surface area contributed by atoms with Crippen molar-refractivity contribution in [3.05, 3.63) is 36.1 Å². The molecule has 1 atom stereocenters. The SMILES string of the molecule is CCC(C)S(=O)(=O)NC1CCC(C(=O)NCCc2coc3ccccc23)CC1. The summed E-state index contributed by atoms with van der Waals surface area (Å²) in [5.74, 6) is 0.0291. The molecule has 1 heterocycles. The minimum atomic E-state index is -3.26. The number of carbonyl (C=O) groups is 1. The lowest BCUT2D eigenvalue weighted by Gasteiger charge is -2.29. The number of para-hydroxylation sites is 1. The highest BCUT2D eigenvalue weighted by Crippen LogP contribution is 2.26. The van der Waals surface area contributed by atoms with Crippen LogP contribution in [0.3, 0.4) is 0 Å². The van der Waals surface area contributed by atoms with Crippen molar-refractivity contribution in [2.75, 3.05) is 6.54 Å². The lowest BCUT2D eigenvalue weighted by atomic mass is 9.86. The van der Waals surface area contributed by atoms with Gasteiger partial charge in [-0.25, -0.2) is 13.1 Å². The van der Waals surface area contributed by atoms with Gasteiger partial charge in [0.25, 0.3) is 0 Å². The summed E-state index contributed by atoms with van der Waals surface area (Å²) in [7, 11) is -3.26. The van der Waals surface area contributed by atoms with E-state index in [2.05, 4.69) is 10.0 Å². The van der Waals surface area contributed by atoms with E-state index in [0.29, 0.717) is 38.6 Å². The predicted molar refractivity (Wildman–Crippen MR) is 110 cm³/mol. The standard InChI is InChI=1S/C21H30N2O4S/c1-3-15(2)28(25,26)23-18-10-8-16(9-11-18)21(24)22-13-12-17-14-27-20-7-5-4-6-19(17)20/h4-7,14-16,18,23H,3,8-13H2,1-2H3,(H,22,24). The van der Waals surface area contributed by atoms with Gasteiger partial charge in [-0.1, -0.05) is 25.1 Å². The summed E-state index contributed by atoms with van der Waals surface area (Å²) < 4.78 is 32.7. The van der Waals surface area contributed by atoms with Crippen molar-refractivity contribution >= 4 is 26.9 Å². The van der Waals surface area contributed by atoms with Crippen molar-refractivity contribution in [2.45, 2.75) is 63.7 Å². The fourth-order valence-electron chi connectivity index (χ4n) is 3.73. The number of fused-ring (bicyclic) bond motifs is 1. The maximum absolute atomic E-state index is 12.5. The van der Waals surface area contributed by atoms with Crippen molar-refractivity contribution in [3.63, 3.8) is 0 Å². The molecule has 1 aromatic carbocycles. The lowest BCUT2D eigenvalue weighted by Crippen LogP contribution is -2.43. The van der Waals surface area contributed by atoms with Crippen LogP contribution in [-0.2, 0) is 21.2 Å². The molecule has 0 radical (unpaired) electrons. The number of benzene rings is 1. The summed E-state index contributed by atoms with van der Waals surface area (Å²) in [5, 5.41) is 3.73. The molecule has 2 aromatic rings. The van der Waals surface area contributed by atoms with Crippen molar-refractivity contribution in [2.24, 2.45) is 5.92 Å². The molecule has 1 amide bonds. The Hall–Kier alpha value is -1.86. The molecular formula is C21H30N2O4S. The van der Waals surface area contributed by atoms with Gasteiger partial charge in [0.15, 0.2) is 0 Å². The molecule has 6 nitrogen and oxygen atoms in total. The molecule has 0 aliphatic heterocycles. The molecule has 0 saturated heterocycles. The molecule has 2 N–H and O–H groups in total. The molecular weight excluding hydrogens is 376 g/mol. The van der Waals surface area contributed by atoms with E-state index in [-0.39, 0.29) is 23.1 Å². The number of furan rings is 1. The van der Waals surface area contributed by atoms with Crippen LogP contribution in [0, 0.1) is 5.92 Å². The largest absolute Gasteiger partial charge is 0.464 e. The molecule has 7 heteroatoms. The fourth-order valence-corrected chi connectivity index (χ4v) is 5.10. The summed E-state index contributed by atoms with van der Waals surface area (Å²) >= 11 is 0. The van der Waals surface area contributed by atoms with Crippen LogP contribution in [0.5, 0.6) is 0 Å². The Morgan fingerprint density at radius 3 is 2.64 bits per heavy atom. The minimum Gasteiger partial charge on any atom is -0.464 e. The number of carbonyl (C=O) groups excluding carboxylic acids is 1. The highest BCUT2D eigenvalue weighted by atomic mass is 32.2. The van der Waals surface area contributed by atoms with Crippen LogP contribution in [0.15, 0.2) is 34.9 Å². The zero-order valence-electron chi connectivity index (χ0n) is 16.6. The first-order valence-corrected chi connectivity index (χ1v) is 11.7. The Bertz CT molecular complexity index is 898. The van der Waals surface area contributed by atoms with Crippen LogP contribution in [0.25, 0.3) is 11.0 Å². The van der Waals surface area contributed by atoms with Crippen molar-refractivity contribution < 1.29 is 17.6 Å². The van der Waals surface area contributed by atoms with E-state index in [0.717, 1.165) is 23.0 Å². The zero-order chi connectivity index (χ0) is 20.1. The molecule has 1 unspecified atom stereocenters. The van der Waals surface area contributed by atoms with Gasteiger partial charge in [0.05, 0.1) is 11.5 Å². The molecule has 1 aromatic heterocycles. The maximum Gasteiger partial charge on any atom is 0.223 e. The number of nitrogens with one attached hydrogen (secondary N) is 2. The Morgan fingerprint density at radius 1 is 1.21 bits per heavy atom. The third-order valence-electron chi connectivity index (χ3n) is 5.79. The molecule has 0 spiro atoms. The molecule has 1 fully saturated rings. The summed E-state index contributed by atoms with van der Waals surface area (Å²) in [6, 6.07) is 7.83.